The minimum atomic E-state index is -0.324. The summed E-state index contributed by atoms with van der Waals surface area (Å²) < 4.78 is 13.4. The highest BCUT2D eigenvalue weighted by Crippen LogP contribution is 2.33. The van der Waals surface area contributed by atoms with E-state index in [0.717, 1.165) is 60.8 Å². The monoisotopic (exact) mass is 527 g/mol. The van der Waals surface area contributed by atoms with E-state index in [2.05, 4.69) is 55.4 Å². The third-order valence-corrected chi connectivity index (χ3v) is 6.87. The molecular weight excluding hydrogens is 490 g/mol. The van der Waals surface area contributed by atoms with Crippen molar-refractivity contribution in [1.82, 2.24) is 14.7 Å². The van der Waals surface area contributed by atoms with Gasteiger partial charge in [-0.05, 0) is 31.2 Å². The third kappa shape index (κ3) is 6.41. The first-order valence-corrected chi connectivity index (χ1v) is 13.5. The van der Waals surface area contributed by atoms with Gasteiger partial charge < -0.3 is 20.1 Å². The number of ether oxygens (including phenoxy) is 2. The first kappa shape index (κ1) is 26.7. The minimum Gasteiger partial charge on any atom is -0.492 e. The second-order valence-electron chi connectivity index (χ2n) is 11.0. The zero-order valence-electron chi connectivity index (χ0n) is 23.2. The number of rotatable bonds is 7. The number of anilines is 2. The molecule has 39 heavy (non-hydrogen) atoms. The number of carbonyl (C=O) groups excluding carboxylic acids is 1. The summed E-state index contributed by atoms with van der Waals surface area (Å²) in [5.41, 5.74) is 4.06. The van der Waals surface area contributed by atoms with Crippen molar-refractivity contribution in [2.24, 2.45) is 0 Å². The highest BCUT2D eigenvalue weighted by Gasteiger charge is 2.24. The smallest absolute Gasteiger partial charge is 0.323 e. The van der Waals surface area contributed by atoms with Crippen LogP contribution in [0.4, 0.5) is 16.2 Å². The summed E-state index contributed by atoms with van der Waals surface area (Å²) in [5, 5.41) is 12.8. The maximum absolute atomic E-state index is 13.2. The Morgan fingerprint density at radius 2 is 1.64 bits per heavy atom. The van der Waals surface area contributed by atoms with Gasteiger partial charge in [0.2, 0.25) is 0 Å². The molecule has 2 heterocycles. The molecule has 5 rings (SSSR count). The van der Waals surface area contributed by atoms with Gasteiger partial charge in [-0.1, -0.05) is 62.7 Å². The first-order valence-electron chi connectivity index (χ1n) is 13.5. The van der Waals surface area contributed by atoms with E-state index >= 15 is 0 Å². The Morgan fingerprint density at radius 1 is 0.949 bits per heavy atom. The Hall–Kier alpha value is -3.88. The van der Waals surface area contributed by atoms with Gasteiger partial charge in [-0.3, -0.25) is 4.90 Å². The first-order chi connectivity index (χ1) is 18.8. The van der Waals surface area contributed by atoms with Crippen LogP contribution in [0.3, 0.4) is 0 Å². The second-order valence-corrected chi connectivity index (χ2v) is 11.0. The van der Waals surface area contributed by atoms with E-state index in [9.17, 15) is 4.79 Å². The lowest BCUT2D eigenvalue weighted by Gasteiger charge is -2.26. The fourth-order valence-corrected chi connectivity index (χ4v) is 4.74. The molecule has 1 aromatic heterocycles. The molecule has 1 saturated heterocycles. The third-order valence-electron chi connectivity index (χ3n) is 6.87. The van der Waals surface area contributed by atoms with Crippen LogP contribution in [0.1, 0.15) is 32.0 Å². The molecule has 0 unspecified atom stereocenters. The predicted molar refractivity (Wildman–Crippen MR) is 156 cm³/mol. The minimum absolute atomic E-state index is 0.258. The topological polar surface area (TPSA) is 80.7 Å². The summed E-state index contributed by atoms with van der Waals surface area (Å²) >= 11 is 0. The Bertz CT molecular complexity index is 1430. The molecule has 1 aliphatic rings. The molecule has 0 spiro atoms. The van der Waals surface area contributed by atoms with Crippen LogP contribution in [-0.4, -0.2) is 60.2 Å². The lowest BCUT2D eigenvalue weighted by Crippen LogP contribution is -2.38. The zero-order valence-corrected chi connectivity index (χ0v) is 23.2. The van der Waals surface area contributed by atoms with E-state index < -0.39 is 0 Å². The molecule has 0 aliphatic carbocycles. The number of amides is 2. The lowest BCUT2D eigenvalue weighted by atomic mass is 9.91. The highest BCUT2D eigenvalue weighted by molar-refractivity contribution is 6.07. The van der Waals surface area contributed by atoms with E-state index in [1.54, 1.807) is 0 Å². The Balaban J connectivity index is 1.32. The van der Waals surface area contributed by atoms with Crippen molar-refractivity contribution in [3.05, 3.63) is 78.1 Å². The largest absolute Gasteiger partial charge is 0.492 e. The van der Waals surface area contributed by atoms with Crippen LogP contribution in [0, 0.1) is 6.92 Å². The summed E-state index contributed by atoms with van der Waals surface area (Å²) in [5.74, 6) is 0.805. The van der Waals surface area contributed by atoms with Crippen molar-refractivity contribution in [3.8, 4) is 11.4 Å². The van der Waals surface area contributed by atoms with Crippen molar-refractivity contribution in [2.45, 2.75) is 33.1 Å². The number of fused-ring (bicyclic) bond motifs is 1. The number of aryl methyl sites for hydroxylation is 1. The number of carbonyl (C=O) groups is 1. The predicted octanol–water partition coefficient (Wildman–Crippen LogP) is 5.99. The maximum Gasteiger partial charge on any atom is 0.323 e. The molecule has 1 fully saturated rings. The molecule has 8 heteroatoms. The SMILES string of the molecule is Cc1ccc(-n2cc(NC(=O)Nc3ccc(OCCN4CCOCC4)c4ccccc34)c(C(C)(C)C)n2)cc1. The van der Waals surface area contributed by atoms with E-state index in [0.29, 0.717) is 18.0 Å². The van der Waals surface area contributed by atoms with E-state index in [-0.39, 0.29) is 11.4 Å². The number of benzene rings is 3. The summed E-state index contributed by atoms with van der Waals surface area (Å²) in [4.78, 5) is 15.6. The van der Waals surface area contributed by atoms with Crippen LogP contribution >= 0.6 is 0 Å². The van der Waals surface area contributed by atoms with Gasteiger partial charge in [-0.15, -0.1) is 0 Å². The molecule has 204 valence electrons. The van der Waals surface area contributed by atoms with Crippen LogP contribution in [0.15, 0.2) is 66.9 Å². The van der Waals surface area contributed by atoms with E-state index in [1.807, 2.05) is 59.4 Å². The van der Waals surface area contributed by atoms with Gasteiger partial charge in [0.05, 0.1) is 42.2 Å². The van der Waals surface area contributed by atoms with Gasteiger partial charge in [0.15, 0.2) is 0 Å². The lowest BCUT2D eigenvalue weighted by molar-refractivity contribution is 0.0323. The fourth-order valence-electron chi connectivity index (χ4n) is 4.74. The van der Waals surface area contributed by atoms with Crippen molar-refractivity contribution in [1.29, 1.82) is 0 Å². The Kier molecular flexibility index (Phi) is 7.86. The number of hydrogen-bond acceptors (Lipinski definition) is 5. The van der Waals surface area contributed by atoms with E-state index in [4.69, 9.17) is 14.6 Å². The van der Waals surface area contributed by atoms with Gasteiger partial charge >= 0.3 is 6.03 Å². The fraction of sp³-hybridized carbons (Fsp3) is 0.355. The number of nitrogens with zero attached hydrogens (tertiary/aromatic N) is 3. The normalized spacial score (nSPS) is 14.4. The van der Waals surface area contributed by atoms with Crippen LogP contribution in [0.5, 0.6) is 5.75 Å². The second kappa shape index (κ2) is 11.5. The Morgan fingerprint density at radius 3 is 2.36 bits per heavy atom. The molecular formula is C31H37N5O3. The number of morpholine rings is 1. The van der Waals surface area contributed by atoms with Crippen molar-refractivity contribution in [2.75, 3.05) is 50.1 Å². The summed E-state index contributed by atoms with van der Waals surface area (Å²) in [6.45, 7) is 13.2. The molecule has 0 bridgehead atoms. The number of aromatic nitrogens is 2. The van der Waals surface area contributed by atoms with Crippen molar-refractivity contribution >= 4 is 28.2 Å². The van der Waals surface area contributed by atoms with Gasteiger partial charge in [0.25, 0.3) is 0 Å². The summed E-state index contributed by atoms with van der Waals surface area (Å²) in [6, 6.07) is 19.6. The molecule has 1 aliphatic heterocycles. The molecule has 2 N–H and O–H groups in total. The highest BCUT2D eigenvalue weighted by atomic mass is 16.5. The number of hydrogen-bond donors (Lipinski definition) is 2. The molecule has 4 aromatic rings. The summed E-state index contributed by atoms with van der Waals surface area (Å²) in [6.07, 6.45) is 1.87. The van der Waals surface area contributed by atoms with Crippen LogP contribution in [-0.2, 0) is 10.2 Å². The van der Waals surface area contributed by atoms with Gasteiger partial charge in [-0.25, -0.2) is 9.48 Å². The summed E-state index contributed by atoms with van der Waals surface area (Å²) in [7, 11) is 0. The average Bonchev–Trinajstić information content (AvgIpc) is 3.35. The van der Waals surface area contributed by atoms with E-state index in [1.165, 1.54) is 5.56 Å². The average molecular weight is 528 g/mol. The quantitative estimate of drug-likeness (QED) is 0.309. The van der Waals surface area contributed by atoms with Crippen LogP contribution in [0.2, 0.25) is 0 Å². The number of nitrogens with one attached hydrogen (secondary N) is 2. The van der Waals surface area contributed by atoms with Crippen molar-refractivity contribution < 1.29 is 14.3 Å². The zero-order chi connectivity index (χ0) is 27.4. The van der Waals surface area contributed by atoms with Gasteiger partial charge in [0, 0.05) is 35.8 Å². The molecule has 2 amide bonds. The molecule has 0 saturated carbocycles. The number of urea groups is 1. The van der Waals surface area contributed by atoms with Crippen LogP contribution in [0.25, 0.3) is 16.5 Å². The molecule has 8 nitrogen and oxygen atoms in total. The maximum atomic E-state index is 13.2. The standard InChI is InChI=1S/C31H37N5O3/c1-22-9-11-23(12-10-22)36-21-27(29(34-36)31(2,3)4)33-30(37)32-26-13-14-28(25-8-6-5-7-24(25)26)39-20-17-35-15-18-38-19-16-35/h5-14,21H,15-20H2,1-4H3,(H2,32,33,37). The van der Waals surface area contributed by atoms with Gasteiger partial charge in [-0.2, -0.15) is 5.10 Å². The van der Waals surface area contributed by atoms with Gasteiger partial charge in [0.1, 0.15) is 12.4 Å². The Labute approximate surface area is 229 Å². The molecule has 3 aromatic carbocycles. The molecule has 0 atom stereocenters. The van der Waals surface area contributed by atoms with Crippen LogP contribution < -0.4 is 15.4 Å². The molecule has 0 radical (unpaired) electrons. The van der Waals surface area contributed by atoms with Crippen molar-refractivity contribution in [3.63, 3.8) is 0 Å².